The second-order valence-electron chi connectivity index (χ2n) is 6.44. The van der Waals surface area contributed by atoms with Gasteiger partial charge in [0.15, 0.2) is 5.78 Å². The zero-order valence-electron chi connectivity index (χ0n) is 13.4. The molecule has 0 bridgehead atoms. The molecule has 1 aromatic carbocycles. The average Bonchev–Trinajstić information content (AvgIpc) is 2.80. The van der Waals surface area contributed by atoms with Gasteiger partial charge in [0.2, 0.25) is 0 Å². The molecule has 5 heteroatoms. The quantitative estimate of drug-likeness (QED) is 0.686. The Hall–Kier alpha value is -2.17. The van der Waals surface area contributed by atoms with Crippen LogP contribution in [0.2, 0.25) is 0 Å². The average molecular weight is 314 g/mol. The Morgan fingerprint density at radius 3 is 2.39 bits per heavy atom. The molecule has 2 aliphatic rings. The fourth-order valence-corrected chi connectivity index (χ4v) is 3.48. The van der Waals surface area contributed by atoms with Gasteiger partial charge in [-0.1, -0.05) is 50.5 Å². The Balaban J connectivity index is 1.72. The molecule has 1 heterocycles. The van der Waals surface area contributed by atoms with Crippen LogP contribution in [0.15, 0.2) is 24.3 Å². The summed E-state index contributed by atoms with van der Waals surface area (Å²) in [5.41, 5.74) is 0.923. The molecule has 23 heavy (non-hydrogen) atoms. The zero-order valence-corrected chi connectivity index (χ0v) is 13.4. The molecule has 3 amide bonds. The number of Topliss-reactive ketones (excluding diaryl/α,β-unsaturated/α-hetero) is 1. The highest BCUT2D eigenvalue weighted by atomic mass is 16.2. The van der Waals surface area contributed by atoms with E-state index in [9.17, 15) is 14.4 Å². The fourth-order valence-electron chi connectivity index (χ4n) is 3.48. The van der Waals surface area contributed by atoms with Gasteiger partial charge in [-0.05, 0) is 24.8 Å². The molecule has 1 saturated carbocycles. The number of amides is 3. The van der Waals surface area contributed by atoms with Gasteiger partial charge < -0.3 is 5.32 Å². The van der Waals surface area contributed by atoms with Crippen LogP contribution in [0.1, 0.15) is 54.9 Å². The highest BCUT2D eigenvalue weighted by molar-refractivity contribution is 6.11. The van der Waals surface area contributed by atoms with Crippen LogP contribution >= 0.6 is 0 Å². The van der Waals surface area contributed by atoms with Gasteiger partial charge in [-0.3, -0.25) is 14.5 Å². The number of rotatable bonds is 4. The van der Waals surface area contributed by atoms with E-state index in [1.165, 1.54) is 0 Å². The molecule has 1 saturated heterocycles. The van der Waals surface area contributed by atoms with Crippen molar-refractivity contribution < 1.29 is 14.4 Å². The minimum Gasteiger partial charge on any atom is -0.323 e. The first-order valence-electron chi connectivity index (χ1n) is 8.32. The number of ketones is 1. The molecule has 122 valence electrons. The third kappa shape index (κ3) is 2.87. The number of aryl methyl sites for hydroxylation is 1. The van der Waals surface area contributed by atoms with E-state index in [4.69, 9.17) is 0 Å². The zero-order chi connectivity index (χ0) is 16.4. The van der Waals surface area contributed by atoms with Crippen molar-refractivity contribution in [3.8, 4) is 0 Å². The minimum atomic E-state index is -0.762. The van der Waals surface area contributed by atoms with Crippen LogP contribution in [0.5, 0.6) is 0 Å². The van der Waals surface area contributed by atoms with Gasteiger partial charge in [-0.2, -0.15) is 0 Å². The summed E-state index contributed by atoms with van der Waals surface area (Å²) in [7, 11) is 0. The first-order valence-corrected chi connectivity index (χ1v) is 8.32. The SMILES string of the molecule is CCc1ccc(C(=O)CN2C(=O)NC3(CCCCC3)C2=O)cc1. The van der Waals surface area contributed by atoms with Gasteiger partial charge in [0, 0.05) is 5.56 Å². The molecule has 1 aromatic rings. The summed E-state index contributed by atoms with van der Waals surface area (Å²) < 4.78 is 0. The van der Waals surface area contributed by atoms with E-state index in [0.29, 0.717) is 18.4 Å². The number of carbonyl (C=O) groups is 3. The smallest absolute Gasteiger partial charge is 0.323 e. The summed E-state index contributed by atoms with van der Waals surface area (Å²) in [6.45, 7) is 1.87. The topological polar surface area (TPSA) is 66.5 Å². The van der Waals surface area contributed by atoms with Gasteiger partial charge in [0.1, 0.15) is 5.54 Å². The summed E-state index contributed by atoms with van der Waals surface area (Å²) in [5.74, 6) is -0.440. The fraction of sp³-hybridized carbons (Fsp3) is 0.500. The number of imide groups is 1. The lowest BCUT2D eigenvalue weighted by Crippen LogP contribution is -2.48. The monoisotopic (exact) mass is 314 g/mol. The van der Waals surface area contributed by atoms with E-state index in [2.05, 4.69) is 5.32 Å². The number of nitrogens with one attached hydrogen (secondary N) is 1. The lowest BCUT2D eigenvalue weighted by molar-refractivity contribution is -0.132. The molecule has 1 aliphatic carbocycles. The Bertz CT molecular complexity index is 630. The number of nitrogens with zero attached hydrogens (tertiary/aromatic N) is 1. The number of benzene rings is 1. The molecule has 0 radical (unpaired) electrons. The first kappa shape index (κ1) is 15.7. The molecule has 0 aromatic heterocycles. The summed E-state index contributed by atoms with van der Waals surface area (Å²) in [4.78, 5) is 38.3. The molecule has 1 spiro atoms. The van der Waals surface area contributed by atoms with Gasteiger partial charge in [0.05, 0.1) is 6.54 Å². The molecule has 0 unspecified atom stereocenters. The molecule has 5 nitrogen and oxygen atoms in total. The Kier molecular flexibility index (Phi) is 4.20. The summed E-state index contributed by atoms with van der Waals surface area (Å²) in [6, 6.07) is 6.89. The molecule has 1 aliphatic heterocycles. The van der Waals surface area contributed by atoms with E-state index >= 15 is 0 Å². The lowest BCUT2D eigenvalue weighted by atomic mass is 9.82. The normalized spacial score (nSPS) is 20.0. The van der Waals surface area contributed by atoms with Crippen LogP contribution in [0, 0.1) is 0 Å². The highest BCUT2D eigenvalue weighted by Gasteiger charge is 2.51. The van der Waals surface area contributed by atoms with Crippen LogP contribution in [0.3, 0.4) is 0 Å². The van der Waals surface area contributed by atoms with Gasteiger partial charge in [-0.15, -0.1) is 0 Å². The van der Waals surface area contributed by atoms with Crippen molar-refractivity contribution in [3.63, 3.8) is 0 Å². The van der Waals surface area contributed by atoms with Crippen LogP contribution in [-0.4, -0.2) is 34.7 Å². The van der Waals surface area contributed by atoms with E-state index in [1.807, 2.05) is 19.1 Å². The molecular weight excluding hydrogens is 292 g/mol. The van der Waals surface area contributed by atoms with E-state index in [-0.39, 0.29) is 18.2 Å². The Labute approximate surface area is 136 Å². The maximum atomic E-state index is 12.7. The predicted octanol–water partition coefficient (Wildman–Crippen LogP) is 2.69. The molecular formula is C18H22N2O3. The maximum Gasteiger partial charge on any atom is 0.325 e. The number of hydrogen-bond acceptors (Lipinski definition) is 3. The van der Waals surface area contributed by atoms with Crippen molar-refractivity contribution in [1.82, 2.24) is 10.2 Å². The third-order valence-corrected chi connectivity index (χ3v) is 4.94. The van der Waals surface area contributed by atoms with Gasteiger partial charge in [-0.25, -0.2) is 4.79 Å². The summed E-state index contributed by atoms with van der Waals surface area (Å²) >= 11 is 0. The minimum absolute atomic E-state index is 0.183. The van der Waals surface area contributed by atoms with Crippen molar-refractivity contribution in [2.24, 2.45) is 0 Å². The van der Waals surface area contributed by atoms with E-state index < -0.39 is 11.6 Å². The van der Waals surface area contributed by atoms with Crippen molar-refractivity contribution in [3.05, 3.63) is 35.4 Å². The molecule has 0 atom stereocenters. The van der Waals surface area contributed by atoms with Crippen LogP contribution in [0.25, 0.3) is 0 Å². The number of hydrogen-bond donors (Lipinski definition) is 1. The van der Waals surface area contributed by atoms with E-state index in [0.717, 1.165) is 36.1 Å². The van der Waals surface area contributed by atoms with Crippen molar-refractivity contribution in [2.75, 3.05) is 6.54 Å². The third-order valence-electron chi connectivity index (χ3n) is 4.94. The van der Waals surface area contributed by atoms with Gasteiger partial charge in [0.25, 0.3) is 5.91 Å². The molecule has 3 rings (SSSR count). The molecule has 1 N–H and O–H groups in total. The Morgan fingerprint density at radius 2 is 1.78 bits per heavy atom. The standard InChI is InChI=1S/C18H22N2O3/c1-2-13-6-8-14(9-7-13)15(21)12-20-16(22)18(19-17(20)23)10-4-3-5-11-18/h6-9H,2-5,10-12H2,1H3,(H,19,23). The Morgan fingerprint density at radius 1 is 1.13 bits per heavy atom. The van der Waals surface area contributed by atoms with Crippen molar-refractivity contribution in [1.29, 1.82) is 0 Å². The number of carbonyl (C=O) groups excluding carboxylic acids is 3. The van der Waals surface area contributed by atoms with Crippen LogP contribution < -0.4 is 5.32 Å². The largest absolute Gasteiger partial charge is 0.325 e. The second-order valence-corrected chi connectivity index (χ2v) is 6.44. The lowest BCUT2D eigenvalue weighted by Gasteiger charge is -2.30. The van der Waals surface area contributed by atoms with Crippen LogP contribution in [0.4, 0.5) is 4.79 Å². The predicted molar refractivity (Wildman–Crippen MR) is 86.2 cm³/mol. The van der Waals surface area contributed by atoms with Crippen molar-refractivity contribution >= 4 is 17.7 Å². The maximum absolute atomic E-state index is 12.7. The first-order chi connectivity index (χ1) is 11.1. The van der Waals surface area contributed by atoms with Crippen LogP contribution in [-0.2, 0) is 11.2 Å². The van der Waals surface area contributed by atoms with Gasteiger partial charge >= 0.3 is 6.03 Å². The summed E-state index contributed by atoms with van der Waals surface area (Å²) in [6.07, 6.45) is 5.22. The molecule has 2 fully saturated rings. The highest BCUT2D eigenvalue weighted by Crippen LogP contribution is 2.33. The second kappa shape index (κ2) is 6.14. The number of urea groups is 1. The van der Waals surface area contributed by atoms with Crippen molar-refractivity contribution in [2.45, 2.75) is 51.0 Å². The van der Waals surface area contributed by atoms with E-state index in [1.54, 1.807) is 12.1 Å². The summed E-state index contributed by atoms with van der Waals surface area (Å²) in [5, 5.41) is 2.83.